The van der Waals surface area contributed by atoms with Crippen molar-refractivity contribution in [3.8, 4) is 0 Å². The predicted octanol–water partition coefficient (Wildman–Crippen LogP) is 3.48. The standard InChI is InChI=1S/C15H32O4S.Mg.2H/c1-2-3-4-5-6-7-8-9-10-11-14-19-20(17,18)15-12-13-16;;;/h16H,2-15H2,1H3;;;/q;+2;2*-1. The quantitative estimate of drug-likeness (QED) is 0.283. The molecule has 0 rings (SSSR count). The van der Waals surface area contributed by atoms with Crippen molar-refractivity contribution in [3.63, 3.8) is 0 Å². The van der Waals surface area contributed by atoms with Gasteiger partial charge in [-0.1, -0.05) is 64.7 Å². The van der Waals surface area contributed by atoms with Crippen molar-refractivity contribution in [2.75, 3.05) is 19.0 Å². The third-order valence-electron chi connectivity index (χ3n) is 3.31. The van der Waals surface area contributed by atoms with E-state index in [0.717, 1.165) is 19.3 Å². The molecule has 0 amide bonds. The van der Waals surface area contributed by atoms with E-state index in [-0.39, 0.29) is 51.3 Å². The van der Waals surface area contributed by atoms with E-state index in [2.05, 4.69) is 6.92 Å². The van der Waals surface area contributed by atoms with Crippen molar-refractivity contribution in [2.24, 2.45) is 0 Å². The number of hydrogen-bond acceptors (Lipinski definition) is 4. The SMILES string of the molecule is CCCCCCCCCCCCOS(=O)(=O)CCCO.[H-].[H-].[Mg+2]. The maximum absolute atomic E-state index is 11.3. The largest absolute Gasteiger partial charge is 2.00 e. The Kier molecular flexibility index (Phi) is 19.3. The summed E-state index contributed by atoms with van der Waals surface area (Å²) in [6, 6.07) is 0. The summed E-state index contributed by atoms with van der Waals surface area (Å²) in [5.41, 5.74) is 0. The first-order valence-electron chi connectivity index (χ1n) is 8.10. The minimum atomic E-state index is -3.41. The second-order valence-corrected chi connectivity index (χ2v) is 7.10. The third-order valence-corrected chi connectivity index (χ3v) is 4.63. The fourth-order valence-electron chi connectivity index (χ4n) is 2.08. The van der Waals surface area contributed by atoms with Crippen LogP contribution in [-0.4, -0.2) is 55.5 Å². The monoisotopic (exact) mass is 334 g/mol. The van der Waals surface area contributed by atoms with Crippen LogP contribution in [0.25, 0.3) is 0 Å². The first kappa shape index (κ1) is 23.9. The minimum Gasteiger partial charge on any atom is -1.00 e. The number of rotatable bonds is 15. The van der Waals surface area contributed by atoms with Gasteiger partial charge in [0.2, 0.25) is 0 Å². The zero-order chi connectivity index (χ0) is 15.1. The summed E-state index contributed by atoms with van der Waals surface area (Å²) < 4.78 is 27.5. The van der Waals surface area contributed by atoms with Gasteiger partial charge in [0.25, 0.3) is 10.1 Å². The van der Waals surface area contributed by atoms with Gasteiger partial charge in [0.05, 0.1) is 12.4 Å². The topological polar surface area (TPSA) is 63.6 Å². The van der Waals surface area contributed by atoms with Gasteiger partial charge in [0, 0.05) is 6.61 Å². The van der Waals surface area contributed by atoms with Gasteiger partial charge in [0.15, 0.2) is 0 Å². The zero-order valence-corrected chi connectivity index (χ0v) is 15.9. The van der Waals surface area contributed by atoms with Gasteiger partial charge >= 0.3 is 23.1 Å². The molecule has 0 bridgehead atoms. The Morgan fingerprint density at radius 3 is 1.81 bits per heavy atom. The summed E-state index contributed by atoms with van der Waals surface area (Å²) in [6.07, 6.45) is 12.4. The van der Waals surface area contributed by atoms with Crippen LogP contribution in [0.2, 0.25) is 0 Å². The van der Waals surface area contributed by atoms with E-state index in [0.29, 0.717) is 0 Å². The summed E-state index contributed by atoms with van der Waals surface area (Å²) in [5.74, 6) is -0.0821. The van der Waals surface area contributed by atoms with Crippen molar-refractivity contribution < 1.29 is 20.6 Å². The molecule has 0 fully saturated rings. The van der Waals surface area contributed by atoms with E-state index in [1.54, 1.807) is 0 Å². The minimum absolute atomic E-state index is 0. The fourth-order valence-corrected chi connectivity index (χ4v) is 3.05. The van der Waals surface area contributed by atoms with E-state index < -0.39 is 10.1 Å². The summed E-state index contributed by atoms with van der Waals surface area (Å²) in [5, 5.41) is 8.57. The van der Waals surface area contributed by atoms with Crippen LogP contribution < -0.4 is 0 Å². The van der Waals surface area contributed by atoms with Crippen molar-refractivity contribution in [3.05, 3.63) is 0 Å². The molecule has 0 aliphatic heterocycles. The van der Waals surface area contributed by atoms with Crippen LogP contribution in [0.5, 0.6) is 0 Å². The molecule has 21 heavy (non-hydrogen) atoms. The Balaban J connectivity index is -0.000000602. The molecule has 6 heteroatoms. The van der Waals surface area contributed by atoms with Crippen molar-refractivity contribution in [1.82, 2.24) is 0 Å². The molecule has 0 unspecified atom stereocenters. The van der Waals surface area contributed by atoms with Gasteiger partial charge in [-0.15, -0.1) is 0 Å². The number of aliphatic hydroxyl groups excluding tert-OH is 1. The van der Waals surface area contributed by atoms with Gasteiger partial charge < -0.3 is 7.96 Å². The van der Waals surface area contributed by atoms with Crippen molar-refractivity contribution in [2.45, 2.75) is 77.6 Å². The molecular formula is C15H34MgO4S. The molecule has 1 N–H and O–H groups in total. The molecule has 0 aromatic carbocycles. The Labute approximate surface area is 150 Å². The van der Waals surface area contributed by atoms with E-state index in [9.17, 15) is 8.42 Å². The average molecular weight is 335 g/mol. The molecule has 4 nitrogen and oxygen atoms in total. The van der Waals surface area contributed by atoms with Gasteiger partial charge in [-0.3, -0.25) is 4.18 Å². The normalized spacial score (nSPS) is 11.3. The van der Waals surface area contributed by atoms with Crippen LogP contribution in [0.3, 0.4) is 0 Å². The van der Waals surface area contributed by atoms with E-state index in [1.807, 2.05) is 0 Å². The molecular weight excluding hydrogens is 301 g/mol. The first-order chi connectivity index (χ1) is 9.62. The molecule has 0 saturated heterocycles. The number of aliphatic hydroxyl groups is 1. The van der Waals surface area contributed by atoms with Crippen LogP contribution in [-0.2, 0) is 14.3 Å². The van der Waals surface area contributed by atoms with Crippen LogP contribution in [0.1, 0.15) is 80.4 Å². The summed E-state index contributed by atoms with van der Waals surface area (Å²) in [7, 11) is -3.41. The van der Waals surface area contributed by atoms with Crippen molar-refractivity contribution in [1.29, 1.82) is 0 Å². The van der Waals surface area contributed by atoms with Crippen LogP contribution in [0.4, 0.5) is 0 Å². The molecule has 0 aliphatic rings. The van der Waals surface area contributed by atoms with E-state index in [4.69, 9.17) is 9.29 Å². The summed E-state index contributed by atoms with van der Waals surface area (Å²) >= 11 is 0. The molecule has 0 radical (unpaired) electrons. The molecule has 126 valence electrons. The van der Waals surface area contributed by atoms with Crippen LogP contribution in [0.15, 0.2) is 0 Å². The number of hydrogen-bond donors (Lipinski definition) is 1. The second-order valence-electron chi connectivity index (χ2n) is 5.34. The Bertz CT molecular complexity index is 304. The molecule has 0 heterocycles. The second kappa shape index (κ2) is 17.0. The van der Waals surface area contributed by atoms with Crippen LogP contribution in [0, 0.1) is 0 Å². The predicted molar refractivity (Wildman–Crippen MR) is 91.3 cm³/mol. The van der Waals surface area contributed by atoms with Gasteiger partial charge in [-0.2, -0.15) is 8.42 Å². The third kappa shape index (κ3) is 18.6. The Morgan fingerprint density at radius 2 is 1.33 bits per heavy atom. The molecule has 0 saturated carbocycles. The molecule has 0 aromatic rings. The average Bonchev–Trinajstić information content (AvgIpc) is 2.42. The van der Waals surface area contributed by atoms with E-state index >= 15 is 0 Å². The van der Waals surface area contributed by atoms with Gasteiger partial charge in [0.1, 0.15) is 0 Å². The molecule has 0 spiro atoms. The smallest absolute Gasteiger partial charge is 1.00 e. The fraction of sp³-hybridized carbons (Fsp3) is 1.00. The van der Waals surface area contributed by atoms with E-state index in [1.165, 1.54) is 44.9 Å². The Morgan fingerprint density at radius 1 is 0.857 bits per heavy atom. The van der Waals surface area contributed by atoms with Gasteiger partial charge in [-0.25, -0.2) is 0 Å². The summed E-state index contributed by atoms with van der Waals surface area (Å²) in [6.45, 7) is 2.40. The molecule has 0 atom stereocenters. The van der Waals surface area contributed by atoms with Crippen molar-refractivity contribution >= 4 is 33.2 Å². The summed E-state index contributed by atoms with van der Waals surface area (Å²) in [4.78, 5) is 0. The molecule has 0 aromatic heterocycles. The maximum Gasteiger partial charge on any atom is 2.00 e. The number of unbranched alkanes of at least 4 members (excludes halogenated alkanes) is 9. The first-order valence-corrected chi connectivity index (χ1v) is 9.68. The van der Waals surface area contributed by atoms with Crippen LogP contribution >= 0.6 is 0 Å². The Hall–Kier alpha value is 0.636. The maximum atomic E-state index is 11.3. The zero-order valence-electron chi connectivity index (χ0n) is 15.7. The molecule has 0 aliphatic carbocycles. The van der Waals surface area contributed by atoms with Gasteiger partial charge in [-0.05, 0) is 12.8 Å².